The van der Waals surface area contributed by atoms with E-state index in [0.29, 0.717) is 11.5 Å². The molecule has 0 spiro atoms. The number of aromatic nitrogens is 1. The Morgan fingerprint density at radius 2 is 1.62 bits per heavy atom. The van der Waals surface area contributed by atoms with E-state index in [9.17, 15) is 9.18 Å². The van der Waals surface area contributed by atoms with Crippen molar-refractivity contribution in [3.8, 4) is 22.6 Å². The fraction of sp³-hybridized carbons (Fsp3) is 0. The van der Waals surface area contributed by atoms with Gasteiger partial charge >= 0.3 is 5.97 Å². The summed E-state index contributed by atoms with van der Waals surface area (Å²) in [5.41, 5.74) is 2.27. The molecule has 1 heterocycles. The minimum atomic E-state index is -0.978. The first-order valence-electron chi connectivity index (χ1n) is 6.20. The summed E-state index contributed by atoms with van der Waals surface area (Å²) < 4.78 is 18.1. The van der Waals surface area contributed by atoms with Crippen molar-refractivity contribution in [2.24, 2.45) is 0 Å². The van der Waals surface area contributed by atoms with E-state index in [-0.39, 0.29) is 11.4 Å². The molecule has 0 saturated carbocycles. The van der Waals surface area contributed by atoms with Gasteiger partial charge in [0.2, 0.25) is 0 Å². The highest BCUT2D eigenvalue weighted by atomic mass is 19.1. The molecule has 3 aromatic rings. The smallest absolute Gasteiger partial charge is 0.335 e. The number of hydrogen-bond donors (Lipinski definition) is 1. The zero-order valence-electron chi connectivity index (χ0n) is 10.8. The maximum absolute atomic E-state index is 12.9. The van der Waals surface area contributed by atoms with Gasteiger partial charge in [-0.1, -0.05) is 17.3 Å². The van der Waals surface area contributed by atoms with E-state index >= 15 is 0 Å². The van der Waals surface area contributed by atoms with Gasteiger partial charge in [-0.2, -0.15) is 0 Å². The highest BCUT2D eigenvalue weighted by Crippen LogP contribution is 2.26. The van der Waals surface area contributed by atoms with E-state index in [1.165, 1.54) is 24.3 Å². The molecule has 0 aliphatic rings. The first-order chi connectivity index (χ1) is 10.1. The maximum atomic E-state index is 12.9. The van der Waals surface area contributed by atoms with E-state index in [1.54, 1.807) is 30.3 Å². The molecule has 1 N–H and O–H groups in total. The Hall–Kier alpha value is -2.95. The van der Waals surface area contributed by atoms with Crippen LogP contribution in [0.25, 0.3) is 22.6 Å². The van der Waals surface area contributed by atoms with Crippen molar-refractivity contribution in [2.75, 3.05) is 0 Å². The molecule has 0 amide bonds. The Bertz CT molecular complexity index is 776. The van der Waals surface area contributed by atoms with Crippen LogP contribution in [0.5, 0.6) is 0 Å². The molecule has 21 heavy (non-hydrogen) atoms. The van der Waals surface area contributed by atoms with Crippen molar-refractivity contribution in [3.63, 3.8) is 0 Å². The van der Waals surface area contributed by atoms with E-state index in [2.05, 4.69) is 5.16 Å². The molecule has 5 heteroatoms. The zero-order chi connectivity index (χ0) is 14.8. The molecular weight excluding hydrogens is 273 g/mol. The minimum Gasteiger partial charge on any atom is -0.478 e. The SMILES string of the molecule is O=C(O)c1ccc(-c2cc(-c3ccc(F)cc3)on2)cc1. The minimum absolute atomic E-state index is 0.209. The van der Waals surface area contributed by atoms with Gasteiger partial charge in [0.15, 0.2) is 5.76 Å². The van der Waals surface area contributed by atoms with Crippen molar-refractivity contribution in [1.29, 1.82) is 0 Å². The van der Waals surface area contributed by atoms with Crippen LogP contribution in [0.15, 0.2) is 59.1 Å². The molecule has 0 aliphatic heterocycles. The Morgan fingerprint density at radius 3 is 2.24 bits per heavy atom. The maximum Gasteiger partial charge on any atom is 0.335 e. The lowest BCUT2D eigenvalue weighted by Gasteiger charge is -1.96. The van der Waals surface area contributed by atoms with Crippen LogP contribution in [0.4, 0.5) is 4.39 Å². The summed E-state index contributed by atoms with van der Waals surface area (Å²) in [6.45, 7) is 0. The molecule has 0 saturated heterocycles. The largest absolute Gasteiger partial charge is 0.478 e. The number of nitrogens with zero attached hydrogens (tertiary/aromatic N) is 1. The van der Waals surface area contributed by atoms with Crippen LogP contribution >= 0.6 is 0 Å². The van der Waals surface area contributed by atoms with Gasteiger partial charge in [0.05, 0.1) is 5.56 Å². The number of rotatable bonds is 3. The molecular formula is C16H10FNO3. The Kier molecular flexibility index (Phi) is 3.23. The third-order valence-electron chi connectivity index (χ3n) is 3.07. The third-order valence-corrected chi connectivity index (χ3v) is 3.07. The van der Waals surface area contributed by atoms with Crippen LogP contribution in [-0.2, 0) is 0 Å². The van der Waals surface area contributed by atoms with Gasteiger partial charge < -0.3 is 9.63 Å². The molecule has 1 aromatic heterocycles. The number of hydrogen-bond acceptors (Lipinski definition) is 3. The van der Waals surface area contributed by atoms with Crippen molar-refractivity contribution < 1.29 is 18.8 Å². The summed E-state index contributed by atoms with van der Waals surface area (Å²) in [4.78, 5) is 10.8. The Balaban J connectivity index is 1.90. The van der Waals surface area contributed by atoms with Gasteiger partial charge in [-0.3, -0.25) is 0 Å². The summed E-state index contributed by atoms with van der Waals surface area (Å²) in [6, 6.07) is 14.0. The summed E-state index contributed by atoms with van der Waals surface area (Å²) in [5, 5.41) is 12.8. The predicted octanol–water partition coefficient (Wildman–Crippen LogP) is 3.85. The highest BCUT2D eigenvalue weighted by Gasteiger charge is 2.09. The third kappa shape index (κ3) is 2.67. The molecule has 0 atom stereocenters. The molecule has 0 radical (unpaired) electrons. The van der Waals surface area contributed by atoms with E-state index in [1.807, 2.05) is 0 Å². The van der Waals surface area contributed by atoms with Crippen LogP contribution in [-0.4, -0.2) is 16.2 Å². The number of carbonyl (C=O) groups is 1. The molecule has 0 fully saturated rings. The summed E-state index contributed by atoms with van der Waals surface area (Å²) in [5.74, 6) is -0.774. The monoisotopic (exact) mass is 283 g/mol. The van der Waals surface area contributed by atoms with Gasteiger partial charge in [-0.25, -0.2) is 9.18 Å². The van der Waals surface area contributed by atoms with Gasteiger partial charge in [0.25, 0.3) is 0 Å². The van der Waals surface area contributed by atoms with Crippen LogP contribution in [0.2, 0.25) is 0 Å². The predicted molar refractivity (Wildman–Crippen MR) is 74.3 cm³/mol. The number of carboxylic acids is 1. The second kappa shape index (κ2) is 5.20. The van der Waals surface area contributed by atoms with E-state index < -0.39 is 5.97 Å². The normalized spacial score (nSPS) is 10.5. The van der Waals surface area contributed by atoms with Crippen molar-refractivity contribution in [3.05, 3.63) is 66.0 Å². The summed E-state index contributed by atoms with van der Waals surface area (Å²) >= 11 is 0. The first kappa shape index (κ1) is 13.1. The number of aromatic carboxylic acids is 1. The quantitative estimate of drug-likeness (QED) is 0.793. The fourth-order valence-corrected chi connectivity index (χ4v) is 1.95. The molecule has 2 aromatic carbocycles. The summed E-state index contributed by atoms with van der Waals surface area (Å²) in [6.07, 6.45) is 0. The molecule has 0 bridgehead atoms. The molecule has 104 valence electrons. The van der Waals surface area contributed by atoms with Crippen LogP contribution in [0.1, 0.15) is 10.4 Å². The van der Waals surface area contributed by atoms with Gasteiger partial charge in [-0.05, 0) is 36.4 Å². The number of benzene rings is 2. The van der Waals surface area contributed by atoms with E-state index in [0.717, 1.165) is 11.1 Å². The highest BCUT2D eigenvalue weighted by molar-refractivity contribution is 5.88. The van der Waals surface area contributed by atoms with Crippen molar-refractivity contribution >= 4 is 5.97 Å². The lowest BCUT2D eigenvalue weighted by atomic mass is 10.1. The van der Waals surface area contributed by atoms with Gasteiger partial charge in [-0.15, -0.1) is 0 Å². The number of carboxylic acid groups (broad SMARTS) is 1. The molecule has 0 unspecified atom stereocenters. The summed E-state index contributed by atoms with van der Waals surface area (Å²) in [7, 11) is 0. The van der Waals surface area contributed by atoms with Crippen molar-refractivity contribution in [2.45, 2.75) is 0 Å². The lowest BCUT2D eigenvalue weighted by molar-refractivity contribution is 0.0697. The van der Waals surface area contributed by atoms with Crippen LogP contribution in [0, 0.1) is 5.82 Å². The lowest BCUT2D eigenvalue weighted by Crippen LogP contribution is -1.94. The first-order valence-corrected chi connectivity index (χ1v) is 6.20. The van der Waals surface area contributed by atoms with E-state index in [4.69, 9.17) is 9.63 Å². The zero-order valence-corrected chi connectivity index (χ0v) is 10.8. The second-order valence-corrected chi connectivity index (χ2v) is 4.47. The Labute approximate surface area is 119 Å². The Morgan fingerprint density at radius 1 is 1.00 bits per heavy atom. The topological polar surface area (TPSA) is 63.3 Å². The van der Waals surface area contributed by atoms with Crippen LogP contribution < -0.4 is 0 Å². The van der Waals surface area contributed by atoms with Crippen LogP contribution in [0.3, 0.4) is 0 Å². The molecule has 4 nitrogen and oxygen atoms in total. The van der Waals surface area contributed by atoms with Crippen molar-refractivity contribution in [1.82, 2.24) is 5.16 Å². The average molecular weight is 283 g/mol. The van der Waals surface area contributed by atoms with Gasteiger partial charge in [0, 0.05) is 17.2 Å². The molecule has 0 aliphatic carbocycles. The molecule has 3 rings (SSSR count). The standard InChI is InChI=1S/C16H10FNO3/c17-13-7-5-11(6-8-13)15-9-14(18-21-15)10-1-3-12(4-2-10)16(19)20/h1-9H,(H,19,20). The van der Waals surface area contributed by atoms with Gasteiger partial charge in [0.1, 0.15) is 11.5 Å². The second-order valence-electron chi connectivity index (χ2n) is 4.47. The number of halogens is 1. The average Bonchev–Trinajstić information content (AvgIpc) is 2.98. The fourth-order valence-electron chi connectivity index (χ4n) is 1.95.